The second-order valence-electron chi connectivity index (χ2n) is 8.89. The molecule has 8 heteroatoms. The number of nitrogens with zero attached hydrogens (tertiary/aromatic N) is 1. The van der Waals surface area contributed by atoms with Crippen molar-refractivity contribution in [3.8, 4) is 0 Å². The molecule has 4 unspecified atom stereocenters. The van der Waals surface area contributed by atoms with E-state index in [1.807, 2.05) is 48.5 Å². The molecule has 2 bridgehead atoms. The third kappa shape index (κ3) is 3.57. The first-order valence-electron chi connectivity index (χ1n) is 11.5. The lowest BCUT2D eigenvalue weighted by Gasteiger charge is -2.16. The standard InChI is InChI=1S/C27H21NO7/c29-22(33-14-19-17-7-3-1-5-15(17)13-16-6-2-4-8-18(16)19)11-12-23(30)35-28-26(31)24-20-9-10-21(34-20)25(24)27(28)32/h1-10,13,20-21,24-25H,11-12,14H2. The van der Waals surface area contributed by atoms with E-state index in [1.54, 1.807) is 12.2 Å². The van der Waals surface area contributed by atoms with Gasteiger partial charge in [-0.1, -0.05) is 60.7 Å². The lowest BCUT2D eigenvalue weighted by Crippen LogP contribution is -2.36. The Labute approximate surface area is 200 Å². The number of amides is 2. The summed E-state index contributed by atoms with van der Waals surface area (Å²) >= 11 is 0. The molecule has 176 valence electrons. The number of carbonyl (C=O) groups is 4. The molecule has 0 spiro atoms. The van der Waals surface area contributed by atoms with Crippen LogP contribution in [0.2, 0.25) is 0 Å². The van der Waals surface area contributed by atoms with E-state index in [4.69, 9.17) is 14.3 Å². The minimum Gasteiger partial charge on any atom is -0.461 e. The maximum atomic E-state index is 12.6. The van der Waals surface area contributed by atoms with Gasteiger partial charge in [0.1, 0.15) is 6.61 Å². The van der Waals surface area contributed by atoms with Crippen LogP contribution in [0.25, 0.3) is 21.5 Å². The predicted molar refractivity (Wildman–Crippen MR) is 123 cm³/mol. The Balaban J connectivity index is 1.07. The van der Waals surface area contributed by atoms with E-state index < -0.39 is 47.8 Å². The van der Waals surface area contributed by atoms with Crippen molar-refractivity contribution in [2.24, 2.45) is 11.8 Å². The zero-order valence-electron chi connectivity index (χ0n) is 18.6. The average molecular weight is 471 g/mol. The molecular formula is C27H21NO7. The van der Waals surface area contributed by atoms with E-state index in [9.17, 15) is 19.2 Å². The Bertz CT molecular complexity index is 1340. The third-order valence-electron chi connectivity index (χ3n) is 6.86. The highest BCUT2D eigenvalue weighted by atomic mass is 16.7. The number of hydroxylamine groups is 2. The quantitative estimate of drug-likeness (QED) is 0.236. The van der Waals surface area contributed by atoms with Crippen molar-refractivity contribution in [2.45, 2.75) is 31.7 Å². The highest BCUT2D eigenvalue weighted by Crippen LogP contribution is 2.45. The summed E-state index contributed by atoms with van der Waals surface area (Å²) in [4.78, 5) is 54.8. The van der Waals surface area contributed by atoms with Crippen LogP contribution >= 0.6 is 0 Å². The molecule has 3 aliphatic heterocycles. The topological polar surface area (TPSA) is 99.2 Å². The van der Waals surface area contributed by atoms with E-state index in [2.05, 4.69) is 6.07 Å². The van der Waals surface area contributed by atoms with Crippen LogP contribution in [-0.2, 0) is 40.1 Å². The van der Waals surface area contributed by atoms with E-state index in [0.29, 0.717) is 5.06 Å². The number of imide groups is 1. The van der Waals surface area contributed by atoms with Crippen LogP contribution in [0, 0.1) is 11.8 Å². The highest BCUT2D eigenvalue weighted by molar-refractivity contribution is 6.06. The summed E-state index contributed by atoms with van der Waals surface area (Å²) in [5.74, 6) is -3.92. The second-order valence-corrected chi connectivity index (χ2v) is 8.89. The van der Waals surface area contributed by atoms with Gasteiger partial charge < -0.3 is 14.3 Å². The van der Waals surface area contributed by atoms with Gasteiger partial charge in [0.25, 0.3) is 11.8 Å². The van der Waals surface area contributed by atoms with Crippen molar-refractivity contribution in [2.75, 3.05) is 0 Å². The molecule has 0 aliphatic carbocycles. The minimum absolute atomic E-state index is 0.0536. The summed E-state index contributed by atoms with van der Waals surface area (Å²) < 4.78 is 11.0. The molecule has 8 nitrogen and oxygen atoms in total. The normalized spacial score (nSPS) is 24.4. The number of esters is 1. The second kappa shape index (κ2) is 8.32. The molecule has 3 aliphatic rings. The van der Waals surface area contributed by atoms with Gasteiger partial charge >= 0.3 is 11.9 Å². The smallest absolute Gasteiger partial charge is 0.333 e. The minimum atomic E-state index is -0.847. The number of benzene rings is 3. The van der Waals surface area contributed by atoms with Gasteiger partial charge in [-0.05, 0) is 27.6 Å². The Hall–Kier alpha value is -4.04. The third-order valence-corrected chi connectivity index (χ3v) is 6.86. The fourth-order valence-electron chi connectivity index (χ4n) is 5.21. The van der Waals surface area contributed by atoms with Crippen molar-refractivity contribution in [3.05, 3.63) is 72.3 Å². The van der Waals surface area contributed by atoms with Crippen LogP contribution in [0.1, 0.15) is 18.4 Å². The first kappa shape index (κ1) is 21.5. The van der Waals surface area contributed by atoms with Gasteiger partial charge in [0.2, 0.25) is 0 Å². The van der Waals surface area contributed by atoms with Crippen LogP contribution in [-0.4, -0.2) is 41.0 Å². The monoisotopic (exact) mass is 471 g/mol. The van der Waals surface area contributed by atoms with E-state index in [0.717, 1.165) is 27.1 Å². The number of carbonyl (C=O) groups excluding carboxylic acids is 4. The summed E-state index contributed by atoms with van der Waals surface area (Å²) in [5, 5.41) is 4.59. The van der Waals surface area contributed by atoms with Crippen LogP contribution in [0.15, 0.2) is 66.7 Å². The molecule has 0 radical (unpaired) electrons. The molecule has 3 aromatic carbocycles. The van der Waals surface area contributed by atoms with Crippen molar-refractivity contribution >= 4 is 45.3 Å². The largest absolute Gasteiger partial charge is 0.461 e. The number of hydrogen-bond donors (Lipinski definition) is 0. The van der Waals surface area contributed by atoms with Crippen molar-refractivity contribution in [1.82, 2.24) is 5.06 Å². The molecule has 3 heterocycles. The van der Waals surface area contributed by atoms with E-state index >= 15 is 0 Å². The first-order chi connectivity index (χ1) is 17.0. The summed E-state index contributed by atoms with van der Waals surface area (Å²) in [6.07, 6.45) is 2.01. The molecule has 35 heavy (non-hydrogen) atoms. The summed E-state index contributed by atoms with van der Waals surface area (Å²) in [6, 6.07) is 17.8. The first-order valence-corrected chi connectivity index (χ1v) is 11.5. The van der Waals surface area contributed by atoms with Crippen LogP contribution in [0.3, 0.4) is 0 Å². The van der Waals surface area contributed by atoms with Crippen LogP contribution in [0.5, 0.6) is 0 Å². The maximum Gasteiger partial charge on any atom is 0.333 e. The molecule has 2 amide bonds. The van der Waals surface area contributed by atoms with Gasteiger partial charge in [0.05, 0.1) is 36.9 Å². The summed E-state index contributed by atoms with van der Waals surface area (Å²) in [7, 11) is 0. The fourth-order valence-corrected chi connectivity index (χ4v) is 5.21. The van der Waals surface area contributed by atoms with E-state index in [-0.39, 0.29) is 19.4 Å². The molecule has 2 fully saturated rings. The zero-order chi connectivity index (χ0) is 24.1. The Morgan fingerprint density at radius 3 is 1.94 bits per heavy atom. The van der Waals surface area contributed by atoms with Crippen LogP contribution in [0.4, 0.5) is 0 Å². The fraction of sp³-hybridized carbons (Fsp3) is 0.259. The number of ether oxygens (including phenoxy) is 2. The zero-order valence-corrected chi connectivity index (χ0v) is 18.6. The maximum absolute atomic E-state index is 12.6. The van der Waals surface area contributed by atoms with E-state index in [1.165, 1.54) is 0 Å². The Morgan fingerprint density at radius 2 is 1.34 bits per heavy atom. The van der Waals surface area contributed by atoms with Gasteiger partial charge in [-0.15, -0.1) is 5.06 Å². The highest BCUT2D eigenvalue weighted by Gasteiger charge is 2.62. The number of rotatable bonds is 6. The molecule has 3 aromatic rings. The number of fused-ring (bicyclic) bond motifs is 7. The van der Waals surface area contributed by atoms with Gasteiger partial charge in [-0.25, -0.2) is 4.79 Å². The summed E-state index contributed by atoms with van der Waals surface area (Å²) in [6.45, 7) is 0.0536. The number of hydrogen-bond acceptors (Lipinski definition) is 7. The lowest BCUT2D eigenvalue weighted by atomic mass is 9.85. The van der Waals surface area contributed by atoms with Crippen molar-refractivity contribution < 1.29 is 33.5 Å². The van der Waals surface area contributed by atoms with Crippen molar-refractivity contribution in [3.63, 3.8) is 0 Å². The van der Waals surface area contributed by atoms with Crippen LogP contribution < -0.4 is 0 Å². The van der Waals surface area contributed by atoms with Gasteiger partial charge in [0, 0.05) is 5.56 Å². The predicted octanol–water partition coefficient (Wildman–Crippen LogP) is 3.21. The SMILES string of the molecule is O=C(CCC(=O)ON1C(=O)C2C3C=CC(O3)C2C1=O)OCc1c2ccccc2cc2ccccc12. The Morgan fingerprint density at radius 1 is 0.800 bits per heavy atom. The van der Waals surface area contributed by atoms with Gasteiger partial charge in [-0.2, -0.15) is 0 Å². The summed E-state index contributed by atoms with van der Waals surface area (Å²) in [5.41, 5.74) is 0.889. The molecule has 0 saturated carbocycles. The molecule has 4 atom stereocenters. The Kier molecular flexibility index (Phi) is 5.11. The lowest BCUT2D eigenvalue weighted by molar-refractivity contribution is -0.200. The van der Waals surface area contributed by atoms with Crippen molar-refractivity contribution in [1.29, 1.82) is 0 Å². The molecule has 0 N–H and O–H groups in total. The van der Waals surface area contributed by atoms with Gasteiger partial charge in [0.15, 0.2) is 0 Å². The molecular weight excluding hydrogens is 450 g/mol. The molecule has 0 aromatic heterocycles. The molecule has 2 saturated heterocycles. The average Bonchev–Trinajstić information content (AvgIpc) is 3.55. The molecule has 6 rings (SSSR count). The van der Waals surface area contributed by atoms with Gasteiger partial charge in [-0.3, -0.25) is 14.4 Å².